The lowest BCUT2D eigenvalue weighted by Crippen LogP contribution is -2.34. The molecule has 0 rings (SSSR count). The molecule has 0 aromatic heterocycles. The van der Waals surface area contributed by atoms with Crippen molar-refractivity contribution >= 4 is 25.7 Å². The van der Waals surface area contributed by atoms with Crippen molar-refractivity contribution in [3.05, 3.63) is 12.2 Å². The summed E-state index contributed by atoms with van der Waals surface area (Å²) in [6, 6.07) is -1.52. The lowest BCUT2D eigenvalue weighted by atomic mass is 10.0. The fraction of sp³-hybridized carbons (Fsp3) is 0.886. The van der Waals surface area contributed by atoms with Gasteiger partial charge in [0.25, 0.3) is 0 Å². The Kier molecular flexibility index (Phi) is 38.7. The molecule has 0 aliphatic heterocycles. The van der Waals surface area contributed by atoms with Crippen LogP contribution in [0.15, 0.2) is 12.2 Å². The van der Waals surface area contributed by atoms with Crippen molar-refractivity contribution in [3.63, 3.8) is 0 Å². The second kappa shape index (κ2) is 40.0. The molecule has 3 atom stereocenters. The fourth-order valence-electron chi connectivity index (χ4n) is 6.41. The second-order valence-electron chi connectivity index (χ2n) is 15.5. The van der Waals surface area contributed by atoms with Gasteiger partial charge in [-0.25, -0.2) is 4.57 Å². The van der Waals surface area contributed by atoms with Gasteiger partial charge in [-0.3, -0.25) is 23.4 Å². The van der Waals surface area contributed by atoms with Crippen LogP contribution in [0.5, 0.6) is 0 Å². The Morgan fingerprint density at radius 3 is 1.30 bits per heavy atom. The van der Waals surface area contributed by atoms with Gasteiger partial charge in [-0.15, -0.1) is 0 Å². The van der Waals surface area contributed by atoms with Gasteiger partial charge < -0.3 is 25.2 Å². The van der Waals surface area contributed by atoms with E-state index in [0.717, 1.165) is 38.5 Å². The van der Waals surface area contributed by atoms with Crippen LogP contribution in [0.25, 0.3) is 0 Å². The molecule has 0 saturated heterocycles. The van der Waals surface area contributed by atoms with E-state index < -0.39 is 51.1 Å². The van der Waals surface area contributed by atoms with Gasteiger partial charge in [-0.2, -0.15) is 0 Å². The van der Waals surface area contributed by atoms with Gasteiger partial charge in [0, 0.05) is 12.8 Å². The largest absolute Gasteiger partial charge is 0.480 e. The van der Waals surface area contributed by atoms with E-state index in [2.05, 4.69) is 30.5 Å². The van der Waals surface area contributed by atoms with Crippen molar-refractivity contribution in [2.75, 3.05) is 19.8 Å². The Morgan fingerprint density at radius 1 is 0.536 bits per heavy atom. The Balaban J connectivity index is 4.24. The molecule has 0 radical (unpaired) electrons. The third-order valence-electron chi connectivity index (χ3n) is 10.0. The van der Waals surface area contributed by atoms with Gasteiger partial charge in [-0.1, -0.05) is 180 Å². The van der Waals surface area contributed by atoms with Gasteiger partial charge in [0.05, 0.1) is 13.2 Å². The smallest absolute Gasteiger partial charge is 0.472 e. The normalized spacial score (nSPS) is 13.8. The molecule has 0 aromatic carbocycles. The van der Waals surface area contributed by atoms with E-state index in [9.17, 15) is 23.8 Å². The number of unbranched alkanes of at least 4 members (excludes halogenated alkanes) is 27. The van der Waals surface area contributed by atoms with Crippen LogP contribution >= 0.6 is 7.82 Å². The van der Waals surface area contributed by atoms with E-state index in [0.29, 0.717) is 12.8 Å². The van der Waals surface area contributed by atoms with Crippen LogP contribution in [0.2, 0.25) is 0 Å². The molecule has 0 aromatic rings. The second-order valence-corrected chi connectivity index (χ2v) is 17.0. The summed E-state index contributed by atoms with van der Waals surface area (Å²) < 4.78 is 32.7. The highest BCUT2D eigenvalue weighted by atomic mass is 31.2. The van der Waals surface area contributed by atoms with Crippen LogP contribution < -0.4 is 5.73 Å². The molecule has 0 spiro atoms. The maximum absolute atomic E-state index is 12.6. The summed E-state index contributed by atoms with van der Waals surface area (Å²) in [5, 5.41) is 8.88. The van der Waals surface area contributed by atoms with Crippen LogP contribution in [0.4, 0.5) is 0 Å². The molecule has 0 aliphatic carbocycles. The summed E-state index contributed by atoms with van der Waals surface area (Å²) in [6.07, 6.45) is 39.9. The number of phosphoric acid groups is 1. The highest BCUT2D eigenvalue weighted by Gasteiger charge is 2.28. The first-order valence-corrected chi connectivity index (χ1v) is 24.2. The molecular formula is C44H84NO10P. The van der Waals surface area contributed by atoms with Crippen molar-refractivity contribution in [1.82, 2.24) is 0 Å². The zero-order valence-electron chi connectivity index (χ0n) is 35.7. The number of carbonyl (C=O) groups is 3. The van der Waals surface area contributed by atoms with Gasteiger partial charge in [0.1, 0.15) is 12.6 Å². The first-order valence-electron chi connectivity index (χ1n) is 22.7. The predicted octanol–water partition coefficient (Wildman–Crippen LogP) is 12.1. The molecule has 56 heavy (non-hydrogen) atoms. The number of hydrogen-bond acceptors (Lipinski definition) is 9. The summed E-state index contributed by atoms with van der Waals surface area (Å²) in [5.74, 6) is -2.37. The van der Waals surface area contributed by atoms with E-state index in [-0.39, 0.29) is 19.4 Å². The highest BCUT2D eigenvalue weighted by Crippen LogP contribution is 2.43. The van der Waals surface area contributed by atoms with Crippen molar-refractivity contribution in [3.8, 4) is 0 Å². The zero-order valence-corrected chi connectivity index (χ0v) is 36.6. The van der Waals surface area contributed by atoms with Crippen LogP contribution in [0.1, 0.15) is 219 Å². The monoisotopic (exact) mass is 818 g/mol. The number of nitrogens with two attached hydrogens (primary N) is 1. The predicted molar refractivity (Wildman–Crippen MR) is 226 cm³/mol. The van der Waals surface area contributed by atoms with Crippen molar-refractivity contribution < 1.29 is 47.5 Å². The number of allylic oxidation sites excluding steroid dienone is 2. The number of carboxylic acid groups (broad SMARTS) is 1. The van der Waals surface area contributed by atoms with Gasteiger partial charge in [0.15, 0.2) is 6.10 Å². The first kappa shape index (κ1) is 54.2. The molecule has 1 unspecified atom stereocenters. The minimum absolute atomic E-state index is 0.165. The van der Waals surface area contributed by atoms with E-state index in [1.807, 2.05) is 0 Å². The van der Waals surface area contributed by atoms with E-state index >= 15 is 0 Å². The quantitative estimate of drug-likeness (QED) is 0.0231. The van der Waals surface area contributed by atoms with Crippen LogP contribution in [-0.2, 0) is 37.5 Å². The lowest BCUT2D eigenvalue weighted by Gasteiger charge is -2.20. The van der Waals surface area contributed by atoms with E-state index in [4.69, 9.17) is 24.8 Å². The molecule has 0 heterocycles. The molecule has 0 bridgehead atoms. The van der Waals surface area contributed by atoms with Gasteiger partial charge in [-0.05, 0) is 38.5 Å². The van der Waals surface area contributed by atoms with Crippen LogP contribution in [0, 0.1) is 0 Å². The topological polar surface area (TPSA) is 172 Å². The van der Waals surface area contributed by atoms with Crippen molar-refractivity contribution in [1.29, 1.82) is 0 Å². The van der Waals surface area contributed by atoms with Gasteiger partial charge in [0.2, 0.25) is 0 Å². The molecular weight excluding hydrogens is 733 g/mol. The number of ether oxygens (including phenoxy) is 2. The minimum atomic E-state index is -4.71. The summed E-state index contributed by atoms with van der Waals surface area (Å²) >= 11 is 0. The average Bonchev–Trinajstić information content (AvgIpc) is 3.17. The lowest BCUT2D eigenvalue weighted by molar-refractivity contribution is -0.161. The van der Waals surface area contributed by atoms with Crippen molar-refractivity contribution in [2.45, 2.75) is 231 Å². The standard InChI is InChI=1S/C44H84NO10P/c1-3-5-7-9-11-13-15-16-17-18-19-20-21-22-23-24-26-28-30-32-34-36-43(47)55-40(38-53-56(50,51)54-39-41(45)44(48)49)37-52-42(46)35-33-31-29-27-25-14-12-10-8-6-4-2/h16-17,40-41H,3-15,18-39,45H2,1-2H3,(H,48,49)(H,50,51)/b17-16+/t40-,41-/m0/s1. The average molecular weight is 818 g/mol. The summed E-state index contributed by atoms with van der Waals surface area (Å²) in [6.45, 7) is 2.81. The Bertz CT molecular complexity index is 1010. The number of esters is 2. The molecule has 0 saturated carbocycles. The van der Waals surface area contributed by atoms with E-state index in [1.54, 1.807) is 0 Å². The number of phosphoric ester groups is 1. The third kappa shape index (κ3) is 39.1. The number of hydrogen-bond donors (Lipinski definition) is 3. The van der Waals surface area contributed by atoms with Crippen LogP contribution in [-0.4, -0.2) is 59.9 Å². The third-order valence-corrected chi connectivity index (χ3v) is 11.0. The molecule has 11 nitrogen and oxygen atoms in total. The Hall–Kier alpha value is -1.78. The summed E-state index contributed by atoms with van der Waals surface area (Å²) in [5.41, 5.74) is 5.33. The molecule has 0 fully saturated rings. The van der Waals surface area contributed by atoms with Crippen LogP contribution in [0.3, 0.4) is 0 Å². The number of aliphatic carboxylic acids is 1. The SMILES string of the molecule is CCCCCCCC/C=C/CCCCCCCCCCCCCC(=O)O[C@@H](COC(=O)CCCCCCCCCCCCC)COP(=O)(O)OC[C@H](N)C(=O)O. The maximum Gasteiger partial charge on any atom is 0.472 e. The number of carbonyl (C=O) groups excluding carboxylic acids is 2. The minimum Gasteiger partial charge on any atom is -0.480 e. The Morgan fingerprint density at radius 2 is 0.893 bits per heavy atom. The van der Waals surface area contributed by atoms with E-state index in [1.165, 1.54) is 141 Å². The zero-order chi connectivity index (χ0) is 41.4. The first-order chi connectivity index (χ1) is 27.1. The molecule has 0 aliphatic rings. The molecule has 330 valence electrons. The number of rotatable bonds is 43. The summed E-state index contributed by atoms with van der Waals surface area (Å²) in [7, 11) is -4.71. The van der Waals surface area contributed by atoms with Crippen molar-refractivity contribution in [2.24, 2.45) is 5.73 Å². The summed E-state index contributed by atoms with van der Waals surface area (Å²) in [4.78, 5) is 45.9. The van der Waals surface area contributed by atoms with Gasteiger partial charge >= 0.3 is 25.7 Å². The highest BCUT2D eigenvalue weighted by molar-refractivity contribution is 7.47. The molecule has 12 heteroatoms. The Labute approximate surface area is 341 Å². The fourth-order valence-corrected chi connectivity index (χ4v) is 7.19. The molecule has 0 amide bonds. The maximum atomic E-state index is 12.6. The number of carboxylic acids is 1. The molecule has 4 N–H and O–H groups in total.